The minimum Gasteiger partial charge on any atom is -0.325 e. The van der Waals surface area contributed by atoms with Crippen LogP contribution < -0.4 is 9.80 Å². The second-order valence-corrected chi connectivity index (χ2v) is 6.01. The number of pyridine rings is 1. The van der Waals surface area contributed by atoms with Gasteiger partial charge in [0.15, 0.2) is 0 Å². The van der Waals surface area contributed by atoms with Gasteiger partial charge in [0.25, 0.3) is 0 Å². The number of aromatic nitrogens is 1. The summed E-state index contributed by atoms with van der Waals surface area (Å²) in [4.78, 5) is 9.28. The van der Waals surface area contributed by atoms with Crippen molar-refractivity contribution in [3.8, 4) is 0 Å². The van der Waals surface area contributed by atoms with Gasteiger partial charge in [0, 0.05) is 23.8 Å². The number of anilines is 2. The highest BCUT2D eigenvalue weighted by Gasteiger charge is 2.27. The highest BCUT2D eigenvalue weighted by molar-refractivity contribution is 5.66. The third-order valence-electron chi connectivity index (χ3n) is 4.55. The molecule has 0 saturated carbocycles. The van der Waals surface area contributed by atoms with Crippen LogP contribution in [0.2, 0.25) is 0 Å². The summed E-state index contributed by atoms with van der Waals surface area (Å²) in [6.07, 6.45) is 6.63. The molecule has 1 aromatic carbocycles. The van der Waals surface area contributed by atoms with E-state index in [0.29, 0.717) is 0 Å². The molecule has 0 radical (unpaired) electrons. The lowest BCUT2D eigenvalue weighted by Gasteiger charge is -2.32. The molecule has 2 heterocycles. The third-order valence-corrected chi connectivity index (χ3v) is 4.55. The van der Waals surface area contributed by atoms with Crippen LogP contribution in [0.3, 0.4) is 0 Å². The highest BCUT2D eigenvalue weighted by Crippen LogP contribution is 2.33. The molecule has 0 bridgehead atoms. The van der Waals surface area contributed by atoms with E-state index in [0.717, 1.165) is 24.4 Å². The highest BCUT2D eigenvalue weighted by atomic mass is 15.4. The summed E-state index contributed by atoms with van der Waals surface area (Å²) in [6, 6.07) is 12.8. The summed E-state index contributed by atoms with van der Waals surface area (Å²) < 4.78 is 0. The summed E-state index contributed by atoms with van der Waals surface area (Å²) in [5.41, 5.74) is 5.21. The lowest BCUT2D eigenvalue weighted by Crippen LogP contribution is -2.37. The van der Waals surface area contributed by atoms with E-state index in [4.69, 9.17) is 0 Å². The Hall–Kier alpha value is -2.29. The Morgan fingerprint density at radius 1 is 0.913 bits per heavy atom. The average Bonchev–Trinajstić information content (AvgIpc) is 2.95. The Bertz CT molecular complexity index is 698. The Labute approximate surface area is 139 Å². The Morgan fingerprint density at radius 3 is 2.13 bits per heavy atom. The average molecular weight is 307 g/mol. The Balaban J connectivity index is 1.97. The Morgan fingerprint density at radius 2 is 1.52 bits per heavy atom. The zero-order valence-corrected chi connectivity index (χ0v) is 14.5. The molecule has 3 nitrogen and oxygen atoms in total. The minimum atomic E-state index is 0.224. The molecule has 1 aliphatic heterocycles. The van der Waals surface area contributed by atoms with E-state index in [-0.39, 0.29) is 6.17 Å². The van der Waals surface area contributed by atoms with Crippen molar-refractivity contribution in [2.24, 2.45) is 0 Å². The molecule has 0 amide bonds. The van der Waals surface area contributed by atoms with E-state index >= 15 is 0 Å². The quantitative estimate of drug-likeness (QED) is 0.819. The van der Waals surface area contributed by atoms with Gasteiger partial charge in [0.2, 0.25) is 0 Å². The molecule has 3 heteroatoms. The summed E-state index contributed by atoms with van der Waals surface area (Å²) in [6.45, 7) is 8.72. The number of hydrogen-bond donors (Lipinski definition) is 0. The van der Waals surface area contributed by atoms with Crippen LogP contribution in [0.1, 0.15) is 37.6 Å². The number of rotatable bonds is 4. The molecular formula is C20H25N3. The van der Waals surface area contributed by atoms with Crippen LogP contribution in [0.15, 0.2) is 48.8 Å². The van der Waals surface area contributed by atoms with Crippen LogP contribution in [-0.4, -0.2) is 11.1 Å². The number of hydrogen-bond acceptors (Lipinski definition) is 3. The fourth-order valence-corrected chi connectivity index (χ4v) is 3.28. The van der Waals surface area contributed by atoms with E-state index in [1.165, 1.54) is 16.8 Å². The maximum Gasteiger partial charge on any atom is 0.134 e. The van der Waals surface area contributed by atoms with Crippen LogP contribution in [0.4, 0.5) is 11.5 Å². The largest absolute Gasteiger partial charge is 0.325 e. The molecule has 0 N–H and O–H groups in total. The molecule has 0 aliphatic carbocycles. The predicted molar refractivity (Wildman–Crippen MR) is 97.7 cm³/mol. The standard InChI is InChI=1S/C20H25N3/c1-5-17-10-8-11-18(6-2)20(17)23-14-13-22(16(23)4)19-12-7-9-15(3)21-19/h7-14,16H,5-6H2,1-4H3. The van der Waals surface area contributed by atoms with Gasteiger partial charge in [0.05, 0.1) is 0 Å². The molecule has 2 aromatic rings. The number of benzene rings is 1. The molecule has 1 unspecified atom stereocenters. The molecule has 1 aromatic heterocycles. The second kappa shape index (κ2) is 6.45. The minimum absolute atomic E-state index is 0.224. The van der Waals surface area contributed by atoms with E-state index in [1.54, 1.807) is 0 Å². The summed E-state index contributed by atoms with van der Waals surface area (Å²) in [5.74, 6) is 1.00. The zero-order valence-electron chi connectivity index (χ0n) is 14.5. The van der Waals surface area contributed by atoms with Crippen molar-refractivity contribution >= 4 is 11.5 Å². The van der Waals surface area contributed by atoms with E-state index in [9.17, 15) is 0 Å². The van der Waals surface area contributed by atoms with Crippen molar-refractivity contribution in [3.63, 3.8) is 0 Å². The van der Waals surface area contributed by atoms with Crippen LogP contribution in [0.5, 0.6) is 0 Å². The smallest absolute Gasteiger partial charge is 0.134 e. The SMILES string of the molecule is CCc1cccc(CC)c1N1C=CN(c2cccc(C)n2)C1C. The van der Waals surface area contributed by atoms with Gasteiger partial charge in [-0.1, -0.05) is 38.1 Å². The number of para-hydroxylation sites is 1. The van der Waals surface area contributed by atoms with Crippen molar-refractivity contribution in [3.05, 3.63) is 65.6 Å². The van der Waals surface area contributed by atoms with Crippen molar-refractivity contribution < 1.29 is 0 Å². The maximum atomic E-state index is 4.67. The van der Waals surface area contributed by atoms with Crippen LogP contribution in [0.25, 0.3) is 0 Å². The molecule has 1 aliphatic rings. The van der Waals surface area contributed by atoms with Gasteiger partial charge >= 0.3 is 0 Å². The maximum absolute atomic E-state index is 4.67. The third kappa shape index (κ3) is 2.83. The first-order valence-electron chi connectivity index (χ1n) is 8.45. The fraction of sp³-hybridized carbons (Fsp3) is 0.350. The number of aryl methyl sites for hydroxylation is 3. The van der Waals surface area contributed by atoms with Crippen molar-refractivity contribution in [1.29, 1.82) is 0 Å². The van der Waals surface area contributed by atoms with Crippen molar-refractivity contribution in [2.75, 3.05) is 9.80 Å². The van der Waals surface area contributed by atoms with Gasteiger partial charge in [-0.25, -0.2) is 4.98 Å². The van der Waals surface area contributed by atoms with E-state index in [2.05, 4.69) is 78.3 Å². The van der Waals surface area contributed by atoms with Gasteiger partial charge in [0.1, 0.15) is 12.0 Å². The van der Waals surface area contributed by atoms with Crippen molar-refractivity contribution in [2.45, 2.75) is 46.7 Å². The van der Waals surface area contributed by atoms with E-state index in [1.807, 2.05) is 13.0 Å². The fourth-order valence-electron chi connectivity index (χ4n) is 3.28. The van der Waals surface area contributed by atoms with Crippen LogP contribution in [0, 0.1) is 6.92 Å². The van der Waals surface area contributed by atoms with Crippen molar-refractivity contribution in [1.82, 2.24) is 4.98 Å². The topological polar surface area (TPSA) is 19.4 Å². The molecular weight excluding hydrogens is 282 g/mol. The first-order chi connectivity index (χ1) is 11.2. The molecule has 0 fully saturated rings. The second-order valence-electron chi connectivity index (χ2n) is 6.01. The summed E-state index contributed by atoms with van der Waals surface area (Å²) in [7, 11) is 0. The monoisotopic (exact) mass is 307 g/mol. The molecule has 120 valence electrons. The summed E-state index contributed by atoms with van der Waals surface area (Å²) in [5, 5.41) is 0. The van der Waals surface area contributed by atoms with Gasteiger partial charge < -0.3 is 9.80 Å². The Kier molecular flexibility index (Phi) is 4.37. The lowest BCUT2D eigenvalue weighted by atomic mass is 10.0. The number of nitrogens with zero attached hydrogens (tertiary/aromatic N) is 3. The molecule has 3 rings (SSSR count). The van der Waals surface area contributed by atoms with E-state index < -0.39 is 0 Å². The predicted octanol–water partition coefficient (Wildman–Crippen LogP) is 4.66. The first-order valence-corrected chi connectivity index (χ1v) is 8.45. The molecule has 0 spiro atoms. The van der Waals surface area contributed by atoms with Gasteiger partial charge in [-0.15, -0.1) is 0 Å². The van der Waals surface area contributed by atoms with Crippen LogP contribution >= 0.6 is 0 Å². The lowest BCUT2D eigenvalue weighted by molar-refractivity contribution is 0.734. The normalized spacial score (nSPS) is 17.1. The van der Waals surface area contributed by atoms with Crippen LogP contribution in [-0.2, 0) is 12.8 Å². The molecule has 1 atom stereocenters. The molecule has 0 saturated heterocycles. The molecule has 23 heavy (non-hydrogen) atoms. The van der Waals surface area contributed by atoms with Gasteiger partial charge in [-0.05, 0) is 49.9 Å². The zero-order chi connectivity index (χ0) is 16.4. The summed E-state index contributed by atoms with van der Waals surface area (Å²) >= 11 is 0. The van der Waals surface area contributed by atoms with Gasteiger partial charge in [-0.2, -0.15) is 0 Å². The van der Waals surface area contributed by atoms with Gasteiger partial charge in [-0.3, -0.25) is 0 Å². The first kappa shape index (κ1) is 15.6.